The molecule has 1 unspecified atom stereocenters. The van der Waals surface area contributed by atoms with Gasteiger partial charge in [0.05, 0.1) is 11.3 Å². The molecule has 2 N–H and O–H groups in total. The summed E-state index contributed by atoms with van der Waals surface area (Å²) in [5.74, 6) is 2.06. The molecule has 1 aromatic rings. The fourth-order valence-electron chi connectivity index (χ4n) is 4.40. The van der Waals surface area contributed by atoms with Crippen LogP contribution in [-0.4, -0.2) is 27.0 Å². The summed E-state index contributed by atoms with van der Waals surface area (Å²) in [5, 5.41) is 18.9. The molecule has 0 amide bonds. The summed E-state index contributed by atoms with van der Waals surface area (Å²) in [4.78, 5) is 0. The molecule has 0 radical (unpaired) electrons. The number of aliphatic hydroxyl groups is 1. The third-order valence-corrected chi connectivity index (χ3v) is 6.10. The summed E-state index contributed by atoms with van der Waals surface area (Å²) in [6, 6.07) is 2.21. The van der Waals surface area contributed by atoms with Gasteiger partial charge in [-0.15, -0.1) is 0 Å². The van der Waals surface area contributed by atoms with Gasteiger partial charge < -0.3 is 10.4 Å². The van der Waals surface area contributed by atoms with Crippen molar-refractivity contribution in [2.75, 3.05) is 6.54 Å². The fourth-order valence-corrected chi connectivity index (χ4v) is 4.40. The maximum Gasteiger partial charge on any atom is 0.0771 e. The van der Waals surface area contributed by atoms with Gasteiger partial charge >= 0.3 is 0 Å². The molecule has 0 spiro atoms. The second-order valence-electron chi connectivity index (χ2n) is 8.27. The van der Waals surface area contributed by atoms with Crippen LogP contribution in [0.5, 0.6) is 0 Å². The summed E-state index contributed by atoms with van der Waals surface area (Å²) >= 11 is 0. The van der Waals surface area contributed by atoms with Gasteiger partial charge in [-0.1, -0.05) is 13.8 Å². The normalized spacial score (nSPS) is 27.2. The Morgan fingerprint density at radius 3 is 2.74 bits per heavy atom. The largest absolute Gasteiger partial charge is 0.389 e. The van der Waals surface area contributed by atoms with Gasteiger partial charge in [-0.05, 0) is 69.3 Å². The smallest absolute Gasteiger partial charge is 0.0771 e. The summed E-state index contributed by atoms with van der Waals surface area (Å²) in [6.45, 7) is 9.14. The number of fused-ring (bicyclic) bond motifs is 1. The van der Waals surface area contributed by atoms with E-state index in [0.717, 1.165) is 49.9 Å². The highest BCUT2D eigenvalue weighted by molar-refractivity contribution is 5.13. The van der Waals surface area contributed by atoms with Crippen molar-refractivity contribution < 1.29 is 5.11 Å². The zero-order valence-electron chi connectivity index (χ0n) is 15.0. The first-order valence-corrected chi connectivity index (χ1v) is 9.44. The van der Waals surface area contributed by atoms with E-state index < -0.39 is 5.60 Å². The van der Waals surface area contributed by atoms with Crippen LogP contribution in [0.2, 0.25) is 0 Å². The van der Waals surface area contributed by atoms with E-state index in [1.54, 1.807) is 0 Å². The molecule has 0 saturated heterocycles. The van der Waals surface area contributed by atoms with Crippen molar-refractivity contribution in [2.24, 2.45) is 17.8 Å². The minimum Gasteiger partial charge on any atom is -0.389 e. The predicted octanol–water partition coefficient (Wildman–Crippen LogP) is 3.13. The quantitative estimate of drug-likeness (QED) is 0.847. The Balaban J connectivity index is 1.45. The first-order chi connectivity index (χ1) is 11.0. The lowest BCUT2D eigenvalue weighted by Gasteiger charge is -2.39. The lowest BCUT2D eigenvalue weighted by molar-refractivity contribution is -0.0240. The highest BCUT2D eigenvalue weighted by Crippen LogP contribution is 2.38. The third kappa shape index (κ3) is 3.97. The molecule has 2 heterocycles. The lowest BCUT2D eigenvalue weighted by Crippen LogP contribution is -2.45. The van der Waals surface area contributed by atoms with E-state index in [4.69, 9.17) is 0 Å². The maximum absolute atomic E-state index is 10.9. The molecule has 1 aliphatic heterocycles. The third-order valence-electron chi connectivity index (χ3n) is 6.10. The second kappa shape index (κ2) is 6.94. The maximum atomic E-state index is 10.9. The van der Waals surface area contributed by atoms with Gasteiger partial charge in [0, 0.05) is 25.3 Å². The average Bonchev–Trinajstić information content (AvgIpc) is 3.08. The molecular formula is C19H33N3O. The van der Waals surface area contributed by atoms with E-state index in [1.807, 2.05) is 6.92 Å². The van der Waals surface area contributed by atoms with Gasteiger partial charge in [0.2, 0.25) is 0 Å². The van der Waals surface area contributed by atoms with Crippen molar-refractivity contribution in [1.29, 1.82) is 0 Å². The fraction of sp³-hybridized carbons (Fsp3) is 0.842. The first kappa shape index (κ1) is 17.0. The van der Waals surface area contributed by atoms with E-state index in [-0.39, 0.29) is 0 Å². The number of aryl methyl sites for hydroxylation is 2. The lowest BCUT2D eigenvalue weighted by atomic mass is 9.71. The molecule has 3 rings (SSSR count). The Kier molecular flexibility index (Phi) is 5.12. The Bertz CT molecular complexity index is 491. The van der Waals surface area contributed by atoms with E-state index >= 15 is 0 Å². The molecule has 1 atom stereocenters. The molecule has 130 valence electrons. The Labute approximate surface area is 140 Å². The zero-order chi connectivity index (χ0) is 16.4. The molecule has 2 aliphatic rings. The number of rotatable bonds is 6. The Morgan fingerprint density at radius 2 is 2.09 bits per heavy atom. The van der Waals surface area contributed by atoms with Crippen molar-refractivity contribution in [2.45, 2.75) is 78.0 Å². The summed E-state index contributed by atoms with van der Waals surface area (Å²) in [6.07, 6.45) is 7.25. The standard InChI is InChI=1S/C19H33N3O/c1-14(2)15-6-8-16(9-7-15)19(3,23)13-20-12-17-11-18-5-4-10-22(18)21-17/h11,14-16,20,23H,4-10,12-13H2,1-3H3. The molecule has 1 fully saturated rings. The van der Waals surface area contributed by atoms with Crippen LogP contribution in [0.4, 0.5) is 0 Å². The van der Waals surface area contributed by atoms with Gasteiger partial charge in [0.15, 0.2) is 0 Å². The summed E-state index contributed by atoms with van der Waals surface area (Å²) < 4.78 is 2.13. The van der Waals surface area contributed by atoms with E-state index in [0.29, 0.717) is 12.5 Å². The highest BCUT2D eigenvalue weighted by Gasteiger charge is 2.35. The Morgan fingerprint density at radius 1 is 1.35 bits per heavy atom. The number of hydrogen-bond donors (Lipinski definition) is 2. The summed E-state index contributed by atoms with van der Waals surface area (Å²) in [5.41, 5.74) is 1.87. The Hall–Kier alpha value is -0.870. The van der Waals surface area contributed by atoms with Gasteiger partial charge in [0.25, 0.3) is 0 Å². The van der Waals surface area contributed by atoms with E-state index in [2.05, 4.69) is 35.0 Å². The van der Waals surface area contributed by atoms with Gasteiger partial charge in [-0.2, -0.15) is 5.10 Å². The molecule has 0 aromatic carbocycles. The van der Waals surface area contributed by atoms with Crippen LogP contribution in [0.25, 0.3) is 0 Å². The molecule has 1 saturated carbocycles. The summed E-state index contributed by atoms with van der Waals surface area (Å²) in [7, 11) is 0. The first-order valence-electron chi connectivity index (χ1n) is 9.44. The average molecular weight is 319 g/mol. The van der Waals surface area contributed by atoms with Gasteiger partial charge in [-0.3, -0.25) is 4.68 Å². The van der Waals surface area contributed by atoms with E-state index in [1.165, 1.54) is 25.0 Å². The molecule has 23 heavy (non-hydrogen) atoms. The van der Waals surface area contributed by atoms with Crippen LogP contribution in [0.1, 0.15) is 64.3 Å². The van der Waals surface area contributed by atoms with Crippen molar-refractivity contribution >= 4 is 0 Å². The highest BCUT2D eigenvalue weighted by atomic mass is 16.3. The van der Waals surface area contributed by atoms with Crippen molar-refractivity contribution in [3.8, 4) is 0 Å². The van der Waals surface area contributed by atoms with Gasteiger partial charge in [-0.25, -0.2) is 0 Å². The minimum atomic E-state index is -0.607. The monoisotopic (exact) mass is 319 g/mol. The number of nitrogens with one attached hydrogen (secondary N) is 1. The van der Waals surface area contributed by atoms with E-state index in [9.17, 15) is 5.11 Å². The SMILES string of the molecule is CC(C)C1CCC(C(C)(O)CNCc2cc3n(n2)CCC3)CC1. The number of hydrogen-bond acceptors (Lipinski definition) is 3. The van der Waals surface area contributed by atoms with Gasteiger partial charge in [0.1, 0.15) is 0 Å². The van der Waals surface area contributed by atoms with Crippen LogP contribution in [0.15, 0.2) is 6.07 Å². The van der Waals surface area contributed by atoms with Crippen LogP contribution < -0.4 is 5.32 Å². The molecule has 0 bridgehead atoms. The zero-order valence-corrected chi connectivity index (χ0v) is 15.0. The van der Waals surface area contributed by atoms with Crippen LogP contribution >= 0.6 is 0 Å². The molecule has 4 nitrogen and oxygen atoms in total. The molecule has 1 aliphatic carbocycles. The second-order valence-corrected chi connectivity index (χ2v) is 8.27. The molecule has 4 heteroatoms. The molecular weight excluding hydrogens is 286 g/mol. The predicted molar refractivity (Wildman–Crippen MR) is 93.2 cm³/mol. The van der Waals surface area contributed by atoms with Crippen LogP contribution in [0, 0.1) is 17.8 Å². The van der Waals surface area contributed by atoms with Crippen molar-refractivity contribution in [1.82, 2.24) is 15.1 Å². The van der Waals surface area contributed by atoms with Crippen LogP contribution in [-0.2, 0) is 19.5 Å². The minimum absolute atomic E-state index is 0.428. The van der Waals surface area contributed by atoms with Crippen molar-refractivity contribution in [3.63, 3.8) is 0 Å². The van der Waals surface area contributed by atoms with Crippen LogP contribution in [0.3, 0.4) is 0 Å². The number of nitrogens with zero attached hydrogens (tertiary/aromatic N) is 2. The number of aromatic nitrogens is 2. The topological polar surface area (TPSA) is 50.1 Å². The van der Waals surface area contributed by atoms with Crippen molar-refractivity contribution in [3.05, 3.63) is 17.5 Å². The molecule has 1 aromatic heterocycles.